The van der Waals surface area contributed by atoms with Crippen molar-refractivity contribution < 1.29 is 15.3 Å². The van der Waals surface area contributed by atoms with Crippen LogP contribution < -0.4 is 0 Å². The summed E-state index contributed by atoms with van der Waals surface area (Å²) in [7, 11) is 0. The Labute approximate surface area is 140 Å². The van der Waals surface area contributed by atoms with Crippen molar-refractivity contribution >= 4 is 6.21 Å². The van der Waals surface area contributed by atoms with Gasteiger partial charge < -0.3 is 15.3 Å². The zero-order valence-electron chi connectivity index (χ0n) is 12.9. The molecule has 0 unspecified atom stereocenters. The lowest BCUT2D eigenvalue weighted by molar-refractivity contribution is 0.455. The summed E-state index contributed by atoms with van der Waals surface area (Å²) in [4.78, 5) is 4.51. The van der Waals surface area contributed by atoms with Crippen LogP contribution in [0.2, 0.25) is 0 Å². The second kappa shape index (κ2) is 6.87. The van der Waals surface area contributed by atoms with Crippen LogP contribution in [0.4, 0.5) is 0 Å². The Morgan fingerprint density at radius 3 is 1.58 bits per heavy atom. The molecule has 0 amide bonds. The highest BCUT2D eigenvalue weighted by atomic mass is 16.3. The predicted molar refractivity (Wildman–Crippen MR) is 93.8 cm³/mol. The summed E-state index contributed by atoms with van der Waals surface area (Å²) in [6.07, 6.45) is 1.54. The molecule has 0 aromatic heterocycles. The summed E-state index contributed by atoms with van der Waals surface area (Å²) >= 11 is 0. The van der Waals surface area contributed by atoms with Gasteiger partial charge in [-0.25, -0.2) is 0 Å². The lowest BCUT2D eigenvalue weighted by Crippen LogP contribution is -2.00. The van der Waals surface area contributed by atoms with Crippen molar-refractivity contribution in [3.63, 3.8) is 0 Å². The fourth-order valence-corrected chi connectivity index (χ4v) is 2.52. The third-order valence-electron chi connectivity index (χ3n) is 3.76. The molecule has 0 bridgehead atoms. The SMILES string of the molecule is Oc1ccccc1C=NC(c1ccccc1O)c1ccccc1O. The van der Waals surface area contributed by atoms with E-state index in [0.29, 0.717) is 16.7 Å². The number of phenolic OH excluding ortho intramolecular Hbond substituents is 3. The van der Waals surface area contributed by atoms with Crippen molar-refractivity contribution in [1.82, 2.24) is 0 Å². The average Bonchev–Trinajstić information content (AvgIpc) is 2.59. The summed E-state index contributed by atoms with van der Waals surface area (Å²) in [5, 5.41) is 30.2. The summed E-state index contributed by atoms with van der Waals surface area (Å²) in [6, 6.07) is 20.0. The van der Waals surface area contributed by atoms with Gasteiger partial charge in [-0.05, 0) is 24.3 Å². The quantitative estimate of drug-likeness (QED) is 0.636. The minimum atomic E-state index is -0.591. The number of aromatic hydroxyl groups is 3. The van der Waals surface area contributed by atoms with E-state index >= 15 is 0 Å². The van der Waals surface area contributed by atoms with Gasteiger partial charge in [0.1, 0.15) is 23.3 Å². The average molecular weight is 319 g/mol. The van der Waals surface area contributed by atoms with Crippen molar-refractivity contribution in [2.75, 3.05) is 0 Å². The van der Waals surface area contributed by atoms with Crippen LogP contribution >= 0.6 is 0 Å². The summed E-state index contributed by atoms with van der Waals surface area (Å²) in [5.74, 6) is 0.315. The van der Waals surface area contributed by atoms with Gasteiger partial charge in [-0.2, -0.15) is 0 Å². The predicted octanol–water partition coefficient (Wildman–Crippen LogP) is 4.01. The maximum absolute atomic E-state index is 10.2. The molecule has 3 aromatic carbocycles. The van der Waals surface area contributed by atoms with E-state index in [1.165, 1.54) is 0 Å². The number of nitrogens with zero attached hydrogens (tertiary/aromatic N) is 1. The fourth-order valence-electron chi connectivity index (χ4n) is 2.52. The van der Waals surface area contributed by atoms with Gasteiger partial charge in [0.05, 0.1) is 0 Å². The van der Waals surface area contributed by atoms with E-state index in [-0.39, 0.29) is 17.2 Å². The lowest BCUT2D eigenvalue weighted by atomic mass is 9.97. The number of phenols is 3. The molecule has 0 spiro atoms. The highest BCUT2D eigenvalue weighted by Crippen LogP contribution is 2.36. The Hall–Kier alpha value is -3.27. The molecule has 4 heteroatoms. The first-order chi connectivity index (χ1) is 11.7. The van der Waals surface area contributed by atoms with Crippen LogP contribution in [-0.4, -0.2) is 21.5 Å². The van der Waals surface area contributed by atoms with Gasteiger partial charge in [-0.15, -0.1) is 0 Å². The lowest BCUT2D eigenvalue weighted by Gasteiger charge is -2.16. The molecule has 120 valence electrons. The third kappa shape index (κ3) is 3.22. The van der Waals surface area contributed by atoms with Crippen molar-refractivity contribution in [2.45, 2.75) is 6.04 Å². The number of hydrogen-bond donors (Lipinski definition) is 3. The summed E-state index contributed by atoms with van der Waals surface area (Å²) < 4.78 is 0. The van der Waals surface area contributed by atoms with Crippen LogP contribution in [0.15, 0.2) is 77.8 Å². The number of aliphatic imine (C=N–C) groups is 1. The minimum absolute atomic E-state index is 0.0974. The van der Waals surface area contributed by atoms with E-state index in [4.69, 9.17) is 0 Å². The van der Waals surface area contributed by atoms with Crippen LogP contribution in [0.3, 0.4) is 0 Å². The monoisotopic (exact) mass is 319 g/mol. The standard InChI is InChI=1S/C20H17NO3/c22-17-10-4-1-7-14(17)13-21-20(15-8-2-5-11-18(15)23)16-9-3-6-12-19(16)24/h1-13,20,22-24H. The molecule has 0 aliphatic heterocycles. The maximum Gasteiger partial charge on any atom is 0.124 e. The Morgan fingerprint density at radius 1 is 0.625 bits per heavy atom. The molecule has 24 heavy (non-hydrogen) atoms. The topological polar surface area (TPSA) is 73.1 Å². The highest BCUT2D eigenvalue weighted by Gasteiger charge is 2.19. The first-order valence-corrected chi connectivity index (χ1v) is 7.54. The Morgan fingerprint density at radius 2 is 1.08 bits per heavy atom. The van der Waals surface area contributed by atoms with E-state index in [2.05, 4.69) is 4.99 Å². The molecule has 3 N–H and O–H groups in total. The Kier molecular flexibility index (Phi) is 4.47. The van der Waals surface area contributed by atoms with Gasteiger partial charge in [0.25, 0.3) is 0 Å². The van der Waals surface area contributed by atoms with Crippen LogP contribution in [0.25, 0.3) is 0 Å². The number of benzene rings is 3. The van der Waals surface area contributed by atoms with Crippen molar-refractivity contribution in [1.29, 1.82) is 0 Å². The van der Waals surface area contributed by atoms with Gasteiger partial charge in [0.15, 0.2) is 0 Å². The van der Waals surface area contributed by atoms with E-state index in [9.17, 15) is 15.3 Å². The third-order valence-corrected chi connectivity index (χ3v) is 3.76. The molecule has 0 saturated carbocycles. The van der Waals surface area contributed by atoms with Crippen molar-refractivity contribution in [3.8, 4) is 17.2 Å². The first-order valence-electron chi connectivity index (χ1n) is 7.54. The molecule has 0 aliphatic carbocycles. The van der Waals surface area contributed by atoms with Crippen LogP contribution in [0.1, 0.15) is 22.7 Å². The van der Waals surface area contributed by atoms with Crippen molar-refractivity contribution in [3.05, 3.63) is 89.5 Å². The van der Waals surface area contributed by atoms with Gasteiger partial charge >= 0.3 is 0 Å². The van der Waals surface area contributed by atoms with Crippen LogP contribution in [-0.2, 0) is 0 Å². The van der Waals surface area contributed by atoms with E-state index in [1.54, 1.807) is 79.0 Å². The molecule has 0 fully saturated rings. The molecule has 0 aliphatic rings. The second-order valence-electron chi connectivity index (χ2n) is 5.36. The molecule has 0 radical (unpaired) electrons. The summed E-state index contributed by atoms with van der Waals surface area (Å²) in [6.45, 7) is 0. The van der Waals surface area contributed by atoms with Gasteiger partial charge in [0.2, 0.25) is 0 Å². The number of para-hydroxylation sites is 3. The number of hydrogen-bond acceptors (Lipinski definition) is 4. The maximum atomic E-state index is 10.2. The van der Waals surface area contributed by atoms with E-state index < -0.39 is 6.04 Å². The molecule has 4 nitrogen and oxygen atoms in total. The van der Waals surface area contributed by atoms with Gasteiger partial charge in [-0.1, -0.05) is 48.5 Å². The molecule has 0 atom stereocenters. The largest absolute Gasteiger partial charge is 0.508 e. The minimum Gasteiger partial charge on any atom is -0.508 e. The first kappa shape index (κ1) is 15.6. The second-order valence-corrected chi connectivity index (χ2v) is 5.36. The van der Waals surface area contributed by atoms with Crippen LogP contribution in [0, 0.1) is 0 Å². The molecule has 3 rings (SSSR count). The molecule has 0 saturated heterocycles. The zero-order valence-corrected chi connectivity index (χ0v) is 12.9. The van der Waals surface area contributed by atoms with Gasteiger partial charge in [0, 0.05) is 22.9 Å². The zero-order chi connectivity index (χ0) is 16.9. The van der Waals surface area contributed by atoms with Crippen LogP contribution in [0.5, 0.6) is 17.2 Å². The van der Waals surface area contributed by atoms with E-state index in [1.807, 2.05) is 0 Å². The molecular weight excluding hydrogens is 302 g/mol. The summed E-state index contributed by atoms with van der Waals surface area (Å²) in [5.41, 5.74) is 1.71. The normalized spacial score (nSPS) is 11.2. The number of rotatable bonds is 4. The highest BCUT2D eigenvalue weighted by molar-refractivity contribution is 5.83. The van der Waals surface area contributed by atoms with Gasteiger partial charge in [-0.3, -0.25) is 4.99 Å². The van der Waals surface area contributed by atoms with E-state index in [0.717, 1.165) is 0 Å². The smallest absolute Gasteiger partial charge is 0.124 e. The molecular formula is C20H17NO3. The van der Waals surface area contributed by atoms with Crippen molar-refractivity contribution in [2.24, 2.45) is 4.99 Å². The molecule has 3 aromatic rings. The fraction of sp³-hybridized carbons (Fsp3) is 0.0500. The Bertz CT molecular complexity index is 829. The molecule has 0 heterocycles. The Balaban J connectivity index is 2.08.